The van der Waals surface area contributed by atoms with E-state index < -0.39 is 0 Å². The maximum Gasteiger partial charge on any atom is 0.0739 e. The maximum absolute atomic E-state index is 5.76. The topological polar surface area (TPSA) is 29.9 Å². The Bertz CT molecular complexity index is 338. The number of rotatable bonds is 6. The smallest absolute Gasteiger partial charge is 0.0739 e. The molecule has 1 atom stereocenters. The van der Waals surface area contributed by atoms with Gasteiger partial charge in [-0.2, -0.15) is 5.10 Å². The van der Waals surface area contributed by atoms with Crippen molar-refractivity contribution in [3.05, 3.63) is 15.9 Å². The molecule has 92 valence electrons. The zero-order valence-corrected chi connectivity index (χ0v) is 12.4. The van der Waals surface area contributed by atoms with E-state index in [1.165, 1.54) is 5.69 Å². The van der Waals surface area contributed by atoms with Gasteiger partial charge in [0.15, 0.2) is 0 Å². The molecule has 0 aliphatic rings. The molecule has 0 saturated carbocycles. The number of nitrogens with one attached hydrogen (secondary N) is 1. The van der Waals surface area contributed by atoms with E-state index in [1.54, 1.807) is 0 Å². The van der Waals surface area contributed by atoms with E-state index in [-0.39, 0.29) is 0 Å². The van der Waals surface area contributed by atoms with Crippen LogP contribution in [0.2, 0.25) is 0 Å². The van der Waals surface area contributed by atoms with Crippen molar-refractivity contribution in [1.29, 1.82) is 0 Å². The lowest BCUT2D eigenvalue weighted by Gasteiger charge is -2.10. The molecule has 5 heteroatoms. The Morgan fingerprint density at radius 1 is 1.56 bits per heavy atom. The molecule has 0 radical (unpaired) electrons. The van der Waals surface area contributed by atoms with Crippen LogP contribution in [0.1, 0.15) is 25.2 Å². The number of aromatic nitrogens is 2. The molecule has 0 fully saturated rings. The van der Waals surface area contributed by atoms with Crippen molar-refractivity contribution in [2.24, 2.45) is 5.92 Å². The van der Waals surface area contributed by atoms with Gasteiger partial charge in [-0.1, -0.05) is 6.92 Å². The average Bonchev–Trinajstić information content (AvgIpc) is 2.56. The Morgan fingerprint density at radius 3 is 2.81 bits per heavy atom. The summed E-state index contributed by atoms with van der Waals surface area (Å²) in [5.74, 6) is 1.19. The number of aryl methyl sites for hydroxylation is 2. The molecule has 1 aromatic heterocycles. The van der Waals surface area contributed by atoms with Gasteiger partial charge in [-0.15, -0.1) is 11.6 Å². The number of alkyl halides is 1. The van der Waals surface area contributed by atoms with Crippen LogP contribution in [0.25, 0.3) is 0 Å². The highest BCUT2D eigenvalue weighted by Crippen LogP contribution is 2.20. The summed E-state index contributed by atoms with van der Waals surface area (Å²) in [5.41, 5.74) is 2.26. The molecule has 0 amide bonds. The van der Waals surface area contributed by atoms with Crippen LogP contribution in [0.15, 0.2) is 4.47 Å². The molecule has 1 aromatic rings. The Hall–Kier alpha value is -0.0600. The van der Waals surface area contributed by atoms with Gasteiger partial charge in [0.25, 0.3) is 0 Å². The van der Waals surface area contributed by atoms with Gasteiger partial charge >= 0.3 is 0 Å². The first-order valence-electron chi connectivity index (χ1n) is 5.58. The van der Waals surface area contributed by atoms with Gasteiger partial charge in [-0.05, 0) is 42.2 Å². The lowest BCUT2D eigenvalue weighted by atomic mass is 10.2. The predicted molar refractivity (Wildman–Crippen MR) is 71.9 cm³/mol. The summed E-state index contributed by atoms with van der Waals surface area (Å²) in [6.07, 6.45) is 0. The van der Waals surface area contributed by atoms with Crippen LogP contribution in [-0.4, -0.2) is 22.2 Å². The van der Waals surface area contributed by atoms with Crippen LogP contribution in [0.4, 0.5) is 0 Å². The van der Waals surface area contributed by atoms with Gasteiger partial charge in [-0.3, -0.25) is 4.68 Å². The zero-order chi connectivity index (χ0) is 12.1. The molecule has 1 rings (SSSR count). The highest BCUT2D eigenvalue weighted by Gasteiger charge is 2.11. The molecular weight excluding hydrogens is 289 g/mol. The lowest BCUT2D eigenvalue weighted by Crippen LogP contribution is -2.23. The molecule has 0 bridgehead atoms. The molecule has 0 spiro atoms. The van der Waals surface area contributed by atoms with Crippen LogP contribution in [-0.2, 0) is 13.1 Å². The van der Waals surface area contributed by atoms with Crippen LogP contribution in [0.3, 0.4) is 0 Å². The largest absolute Gasteiger partial charge is 0.311 e. The van der Waals surface area contributed by atoms with Gasteiger partial charge in [0, 0.05) is 19.0 Å². The highest BCUT2D eigenvalue weighted by molar-refractivity contribution is 9.10. The molecule has 1 unspecified atom stereocenters. The fraction of sp³-hybridized carbons (Fsp3) is 0.727. The van der Waals surface area contributed by atoms with Crippen LogP contribution >= 0.6 is 27.5 Å². The van der Waals surface area contributed by atoms with Crippen molar-refractivity contribution >= 4 is 27.5 Å². The van der Waals surface area contributed by atoms with Gasteiger partial charge in [0.2, 0.25) is 0 Å². The minimum Gasteiger partial charge on any atom is -0.311 e. The van der Waals surface area contributed by atoms with Gasteiger partial charge in [0.1, 0.15) is 0 Å². The second-order valence-corrected chi connectivity index (χ2v) is 5.15. The standard InChI is InChI=1S/C11H19BrClN3/c1-4-16-10(11(12)9(3)15-16)7-14-6-8(2)5-13/h8,14H,4-7H2,1-3H3. The third-order valence-corrected chi connectivity index (χ3v) is 4.06. The van der Waals surface area contributed by atoms with Crippen molar-refractivity contribution in [1.82, 2.24) is 15.1 Å². The molecule has 3 nitrogen and oxygen atoms in total. The number of nitrogens with zero attached hydrogens (tertiary/aromatic N) is 2. The Balaban J connectivity index is 2.59. The second-order valence-electron chi connectivity index (χ2n) is 4.05. The highest BCUT2D eigenvalue weighted by atomic mass is 79.9. The van der Waals surface area contributed by atoms with Gasteiger partial charge in [0.05, 0.1) is 15.9 Å². The van der Waals surface area contributed by atoms with Gasteiger partial charge < -0.3 is 5.32 Å². The normalized spacial score (nSPS) is 13.1. The summed E-state index contributed by atoms with van der Waals surface area (Å²) < 4.78 is 3.14. The second kappa shape index (κ2) is 6.62. The molecule has 0 aliphatic heterocycles. The zero-order valence-electron chi connectivity index (χ0n) is 10.1. The number of hydrogen-bond donors (Lipinski definition) is 1. The Labute approximate surface area is 111 Å². The van der Waals surface area contributed by atoms with Crippen molar-refractivity contribution < 1.29 is 0 Å². The number of halogens is 2. The van der Waals surface area contributed by atoms with Crippen molar-refractivity contribution in [3.63, 3.8) is 0 Å². The van der Waals surface area contributed by atoms with Gasteiger partial charge in [-0.25, -0.2) is 0 Å². The van der Waals surface area contributed by atoms with E-state index in [1.807, 2.05) is 11.6 Å². The summed E-state index contributed by atoms with van der Waals surface area (Å²) in [4.78, 5) is 0. The summed E-state index contributed by atoms with van der Waals surface area (Å²) in [7, 11) is 0. The minimum absolute atomic E-state index is 0.500. The molecule has 16 heavy (non-hydrogen) atoms. The number of hydrogen-bond acceptors (Lipinski definition) is 2. The van der Waals surface area contributed by atoms with Crippen LogP contribution in [0.5, 0.6) is 0 Å². The quantitative estimate of drug-likeness (QED) is 0.819. The molecule has 0 saturated heterocycles. The first-order chi connectivity index (χ1) is 7.60. The lowest BCUT2D eigenvalue weighted by molar-refractivity contribution is 0.527. The third kappa shape index (κ3) is 3.47. The summed E-state index contributed by atoms with van der Waals surface area (Å²) >= 11 is 9.34. The monoisotopic (exact) mass is 307 g/mol. The summed E-state index contributed by atoms with van der Waals surface area (Å²) in [5, 5.41) is 7.86. The first kappa shape index (κ1) is 14.0. The molecule has 0 aromatic carbocycles. The van der Waals surface area contributed by atoms with Crippen molar-refractivity contribution in [2.75, 3.05) is 12.4 Å². The first-order valence-corrected chi connectivity index (χ1v) is 6.91. The van der Waals surface area contributed by atoms with E-state index in [2.05, 4.69) is 40.2 Å². The SMILES string of the molecule is CCn1nc(C)c(Br)c1CNCC(C)CCl. The molecule has 1 heterocycles. The minimum atomic E-state index is 0.500. The van der Waals surface area contributed by atoms with E-state index in [0.29, 0.717) is 11.8 Å². The van der Waals surface area contributed by atoms with Crippen LogP contribution in [0, 0.1) is 12.8 Å². The Morgan fingerprint density at radius 2 is 2.25 bits per heavy atom. The summed E-state index contributed by atoms with van der Waals surface area (Å²) in [6, 6.07) is 0. The fourth-order valence-corrected chi connectivity index (χ4v) is 2.06. The maximum atomic E-state index is 5.76. The Kier molecular flexibility index (Phi) is 5.79. The van der Waals surface area contributed by atoms with E-state index in [9.17, 15) is 0 Å². The third-order valence-electron chi connectivity index (χ3n) is 2.50. The van der Waals surface area contributed by atoms with Crippen molar-refractivity contribution in [2.45, 2.75) is 33.9 Å². The predicted octanol–water partition coefficient (Wildman–Crippen LogP) is 2.94. The average molecular weight is 309 g/mol. The van der Waals surface area contributed by atoms with Crippen molar-refractivity contribution in [3.8, 4) is 0 Å². The van der Waals surface area contributed by atoms with E-state index in [4.69, 9.17) is 11.6 Å². The summed E-state index contributed by atoms with van der Waals surface area (Å²) in [6.45, 7) is 8.91. The molecule has 0 aliphatic carbocycles. The van der Waals surface area contributed by atoms with E-state index in [0.717, 1.165) is 29.8 Å². The van der Waals surface area contributed by atoms with E-state index >= 15 is 0 Å². The molecular formula is C11H19BrClN3. The molecule has 1 N–H and O–H groups in total. The van der Waals surface area contributed by atoms with Crippen LogP contribution < -0.4 is 5.32 Å². The fourth-order valence-electron chi connectivity index (χ4n) is 1.53.